The van der Waals surface area contributed by atoms with Gasteiger partial charge >= 0.3 is 0 Å². The molecule has 3 aromatic rings. The number of benzene rings is 2. The zero-order chi connectivity index (χ0) is 23.1. The Hall–Kier alpha value is -2.64. The van der Waals surface area contributed by atoms with Crippen molar-refractivity contribution < 1.29 is 4.39 Å². The first kappa shape index (κ1) is 22.2. The number of nitrogens with one attached hydrogen (secondary N) is 1. The lowest BCUT2D eigenvalue weighted by Gasteiger charge is -2.29. The highest BCUT2D eigenvalue weighted by Gasteiger charge is 2.27. The summed E-state index contributed by atoms with van der Waals surface area (Å²) in [6.07, 6.45) is 1.13. The topological polar surface area (TPSA) is 62.4 Å². The van der Waals surface area contributed by atoms with Crippen LogP contribution >= 0.6 is 0 Å². The fourth-order valence-corrected chi connectivity index (χ4v) is 5.39. The molecule has 5 rings (SSSR count). The van der Waals surface area contributed by atoms with Gasteiger partial charge in [0, 0.05) is 39.3 Å². The van der Waals surface area contributed by atoms with E-state index >= 15 is 0 Å². The summed E-state index contributed by atoms with van der Waals surface area (Å²) in [4.78, 5) is 10.1. The molecule has 0 saturated carbocycles. The standard InChI is InChI=1S/C26H35FN6/c1-17-10-22(32-7-4-20(14-28)15-32)25-23(11-17)33(26(30-25)31-8-5-29-6-9-31)16-21-12-18(2)24(27)19(3)13-21/h10-13,20,29H,4-9,14-16,28H2,1-3H3. The largest absolute Gasteiger partial charge is 0.369 e. The van der Waals surface area contributed by atoms with Gasteiger partial charge in [-0.05, 0) is 74.0 Å². The average molecular weight is 451 g/mol. The molecule has 0 bridgehead atoms. The minimum absolute atomic E-state index is 0.113. The molecule has 1 atom stereocenters. The molecular weight excluding hydrogens is 415 g/mol. The van der Waals surface area contributed by atoms with E-state index < -0.39 is 0 Å². The summed E-state index contributed by atoms with van der Waals surface area (Å²) in [5, 5.41) is 3.44. The molecule has 2 aliphatic heterocycles. The second kappa shape index (κ2) is 8.95. The summed E-state index contributed by atoms with van der Waals surface area (Å²) in [5.41, 5.74) is 13.1. The molecular formula is C26H35FN6. The van der Waals surface area contributed by atoms with Gasteiger partial charge in [-0.2, -0.15) is 0 Å². The molecule has 2 aliphatic rings. The summed E-state index contributed by atoms with van der Waals surface area (Å²) in [6.45, 7) is 13.0. The van der Waals surface area contributed by atoms with Crippen LogP contribution in [0.15, 0.2) is 24.3 Å². The van der Waals surface area contributed by atoms with Gasteiger partial charge in [0.25, 0.3) is 0 Å². The van der Waals surface area contributed by atoms with Crippen molar-refractivity contribution in [2.45, 2.75) is 33.7 Å². The molecule has 1 aromatic heterocycles. The van der Waals surface area contributed by atoms with Crippen molar-refractivity contribution in [3.8, 4) is 0 Å². The van der Waals surface area contributed by atoms with Crippen LogP contribution in [0.25, 0.3) is 11.0 Å². The number of halogens is 1. The van der Waals surface area contributed by atoms with E-state index in [1.165, 1.54) is 11.3 Å². The molecule has 0 amide bonds. The van der Waals surface area contributed by atoms with Gasteiger partial charge in [-0.25, -0.2) is 9.37 Å². The summed E-state index contributed by atoms with van der Waals surface area (Å²) in [7, 11) is 0. The summed E-state index contributed by atoms with van der Waals surface area (Å²) >= 11 is 0. The maximum atomic E-state index is 14.3. The first-order chi connectivity index (χ1) is 15.9. The third-order valence-corrected chi connectivity index (χ3v) is 7.15. The summed E-state index contributed by atoms with van der Waals surface area (Å²) in [6, 6.07) is 8.46. The summed E-state index contributed by atoms with van der Waals surface area (Å²) < 4.78 is 16.6. The van der Waals surface area contributed by atoms with Gasteiger partial charge in [-0.1, -0.05) is 12.1 Å². The summed E-state index contributed by atoms with van der Waals surface area (Å²) in [5.74, 6) is 1.44. The molecule has 33 heavy (non-hydrogen) atoms. The van der Waals surface area contributed by atoms with Gasteiger partial charge in [0.1, 0.15) is 11.3 Å². The van der Waals surface area contributed by atoms with E-state index in [1.807, 2.05) is 26.0 Å². The fourth-order valence-electron chi connectivity index (χ4n) is 5.39. The van der Waals surface area contributed by atoms with Crippen molar-refractivity contribution in [1.82, 2.24) is 14.9 Å². The minimum Gasteiger partial charge on any atom is -0.369 e. The van der Waals surface area contributed by atoms with Gasteiger partial charge in [0.05, 0.1) is 17.7 Å². The minimum atomic E-state index is -0.113. The van der Waals surface area contributed by atoms with E-state index in [1.54, 1.807) is 0 Å². The Bertz CT molecular complexity index is 1140. The first-order valence-electron chi connectivity index (χ1n) is 12.1. The average Bonchev–Trinajstić information content (AvgIpc) is 3.43. The lowest BCUT2D eigenvalue weighted by Crippen LogP contribution is -2.44. The molecule has 0 radical (unpaired) electrons. The molecule has 2 aromatic carbocycles. The molecule has 2 fully saturated rings. The number of nitrogens with two attached hydrogens (primary N) is 1. The first-order valence-corrected chi connectivity index (χ1v) is 12.1. The zero-order valence-electron chi connectivity index (χ0n) is 20.0. The maximum Gasteiger partial charge on any atom is 0.207 e. The zero-order valence-corrected chi connectivity index (χ0v) is 20.0. The molecule has 0 aliphatic carbocycles. The van der Waals surface area contributed by atoms with Gasteiger partial charge in [0.15, 0.2) is 0 Å². The SMILES string of the molecule is Cc1cc(N2CCC(CN)C2)c2nc(N3CCNCC3)n(Cc3cc(C)c(F)c(C)c3)c2c1. The lowest BCUT2D eigenvalue weighted by atomic mass is 10.1. The van der Waals surface area contributed by atoms with Crippen molar-refractivity contribution in [2.24, 2.45) is 11.7 Å². The maximum absolute atomic E-state index is 14.3. The Balaban J connectivity index is 1.64. The van der Waals surface area contributed by atoms with Crippen LogP contribution in [0.2, 0.25) is 0 Å². The van der Waals surface area contributed by atoms with Crippen LogP contribution in [0.5, 0.6) is 0 Å². The molecule has 0 spiro atoms. The number of anilines is 2. The van der Waals surface area contributed by atoms with Crippen LogP contribution < -0.4 is 20.9 Å². The Labute approximate surface area is 195 Å². The van der Waals surface area contributed by atoms with Crippen LogP contribution in [0.3, 0.4) is 0 Å². The van der Waals surface area contributed by atoms with Crippen LogP contribution in [0, 0.1) is 32.5 Å². The van der Waals surface area contributed by atoms with Crippen LogP contribution in [0.4, 0.5) is 16.0 Å². The van der Waals surface area contributed by atoms with Crippen molar-refractivity contribution in [3.63, 3.8) is 0 Å². The quantitative estimate of drug-likeness (QED) is 0.624. The number of aryl methyl sites for hydroxylation is 3. The highest BCUT2D eigenvalue weighted by molar-refractivity contribution is 5.92. The smallest absolute Gasteiger partial charge is 0.207 e. The number of hydrogen-bond donors (Lipinski definition) is 2. The predicted octanol–water partition coefficient (Wildman–Crippen LogP) is 3.34. The predicted molar refractivity (Wildman–Crippen MR) is 134 cm³/mol. The number of fused-ring (bicyclic) bond motifs is 1. The van der Waals surface area contributed by atoms with Gasteiger partial charge < -0.3 is 25.4 Å². The van der Waals surface area contributed by atoms with E-state index in [4.69, 9.17) is 10.7 Å². The Morgan fingerprint density at radius 2 is 1.76 bits per heavy atom. The van der Waals surface area contributed by atoms with Crippen molar-refractivity contribution in [1.29, 1.82) is 0 Å². The second-order valence-electron chi connectivity index (χ2n) is 9.77. The van der Waals surface area contributed by atoms with Crippen molar-refractivity contribution >= 4 is 22.7 Å². The number of piperazine rings is 1. The highest BCUT2D eigenvalue weighted by atomic mass is 19.1. The number of rotatable bonds is 5. The second-order valence-corrected chi connectivity index (χ2v) is 9.77. The number of nitrogens with zero attached hydrogens (tertiary/aromatic N) is 4. The lowest BCUT2D eigenvalue weighted by molar-refractivity contribution is 0.571. The van der Waals surface area contributed by atoms with E-state index in [-0.39, 0.29) is 5.82 Å². The molecule has 176 valence electrons. The molecule has 3 heterocycles. The molecule has 1 unspecified atom stereocenters. The highest BCUT2D eigenvalue weighted by Crippen LogP contribution is 2.35. The van der Waals surface area contributed by atoms with E-state index in [2.05, 4.69) is 38.7 Å². The molecule has 7 heteroatoms. The molecule has 3 N–H and O–H groups in total. The Morgan fingerprint density at radius 3 is 2.42 bits per heavy atom. The van der Waals surface area contributed by atoms with E-state index in [0.717, 1.165) is 74.8 Å². The molecule has 2 saturated heterocycles. The number of imidazole rings is 1. The monoisotopic (exact) mass is 450 g/mol. The Kier molecular flexibility index (Phi) is 6.01. The van der Waals surface area contributed by atoms with Crippen LogP contribution in [-0.2, 0) is 6.54 Å². The van der Waals surface area contributed by atoms with Gasteiger partial charge in [0.2, 0.25) is 5.95 Å². The van der Waals surface area contributed by atoms with Crippen LogP contribution in [-0.4, -0.2) is 55.4 Å². The van der Waals surface area contributed by atoms with Crippen molar-refractivity contribution in [3.05, 3.63) is 52.3 Å². The van der Waals surface area contributed by atoms with Crippen LogP contribution in [0.1, 0.15) is 28.7 Å². The Morgan fingerprint density at radius 1 is 1.03 bits per heavy atom. The van der Waals surface area contributed by atoms with E-state index in [0.29, 0.717) is 23.6 Å². The third kappa shape index (κ3) is 4.20. The fraction of sp³-hybridized carbons (Fsp3) is 0.500. The van der Waals surface area contributed by atoms with E-state index in [9.17, 15) is 4.39 Å². The van der Waals surface area contributed by atoms with Gasteiger partial charge in [-0.15, -0.1) is 0 Å². The normalized spacial score (nSPS) is 19.1. The number of hydrogen-bond acceptors (Lipinski definition) is 5. The number of aromatic nitrogens is 2. The van der Waals surface area contributed by atoms with Gasteiger partial charge in [-0.3, -0.25) is 0 Å². The molecule has 6 nitrogen and oxygen atoms in total. The third-order valence-electron chi connectivity index (χ3n) is 7.15. The van der Waals surface area contributed by atoms with Crippen molar-refractivity contribution in [2.75, 3.05) is 55.6 Å².